The smallest absolute Gasteiger partial charge is 0.406 e. The number of hydrogen-bond donors (Lipinski definition) is 1. The monoisotopic (exact) mass is 330 g/mol. The van der Waals surface area contributed by atoms with Gasteiger partial charge in [0.25, 0.3) is 0 Å². The molecule has 3 rings (SSSR count). The predicted molar refractivity (Wildman–Crippen MR) is 79.2 cm³/mol. The number of ether oxygens (including phenoxy) is 2. The Bertz CT molecular complexity index is 503. The number of rotatable bonds is 6. The molecule has 2 aliphatic rings. The number of alkyl halides is 3. The van der Waals surface area contributed by atoms with E-state index in [-0.39, 0.29) is 11.9 Å². The van der Waals surface area contributed by atoms with E-state index in [1.54, 1.807) is 12.1 Å². The first kappa shape index (κ1) is 16.5. The third kappa shape index (κ3) is 5.37. The second kappa shape index (κ2) is 7.07. The Morgan fingerprint density at radius 2 is 1.96 bits per heavy atom. The van der Waals surface area contributed by atoms with Crippen LogP contribution in [0.25, 0.3) is 0 Å². The maximum atomic E-state index is 12.1. The average molecular weight is 330 g/mol. The van der Waals surface area contributed by atoms with Gasteiger partial charge in [-0.2, -0.15) is 0 Å². The third-order valence-electron chi connectivity index (χ3n) is 4.09. The molecule has 1 atom stereocenters. The number of benzene rings is 1. The zero-order valence-corrected chi connectivity index (χ0v) is 12.8. The minimum absolute atomic E-state index is 0.178. The number of nitrogens with zero attached hydrogens (tertiary/aromatic N) is 1. The summed E-state index contributed by atoms with van der Waals surface area (Å²) in [6.45, 7) is 4.07. The van der Waals surface area contributed by atoms with Crippen LogP contribution in [0.5, 0.6) is 5.75 Å². The van der Waals surface area contributed by atoms with Gasteiger partial charge in [0.2, 0.25) is 0 Å². The molecule has 1 unspecified atom stereocenters. The number of halogens is 3. The maximum absolute atomic E-state index is 12.1. The Morgan fingerprint density at radius 3 is 2.61 bits per heavy atom. The Balaban J connectivity index is 1.40. The quantitative estimate of drug-likeness (QED) is 0.869. The molecule has 1 N–H and O–H groups in total. The average Bonchev–Trinajstić information content (AvgIpc) is 3.33. The van der Waals surface area contributed by atoms with E-state index in [9.17, 15) is 13.2 Å². The molecule has 1 aromatic carbocycles. The summed E-state index contributed by atoms with van der Waals surface area (Å²) >= 11 is 0. The minimum atomic E-state index is -4.65. The van der Waals surface area contributed by atoms with Crippen molar-refractivity contribution in [1.82, 2.24) is 10.2 Å². The van der Waals surface area contributed by atoms with Crippen LogP contribution in [-0.4, -0.2) is 49.6 Å². The van der Waals surface area contributed by atoms with E-state index >= 15 is 0 Å². The lowest BCUT2D eigenvalue weighted by atomic mass is 10.2. The van der Waals surface area contributed by atoms with Crippen molar-refractivity contribution in [3.63, 3.8) is 0 Å². The lowest BCUT2D eigenvalue weighted by Crippen LogP contribution is -2.47. The van der Waals surface area contributed by atoms with Crippen LogP contribution in [0.15, 0.2) is 24.3 Å². The summed E-state index contributed by atoms with van der Waals surface area (Å²) in [4.78, 5) is 2.49. The van der Waals surface area contributed by atoms with Gasteiger partial charge >= 0.3 is 6.36 Å². The van der Waals surface area contributed by atoms with E-state index in [0.717, 1.165) is 37.8 Å². The Morgan fingerprint density at radius 1 is 1.22 bits per heavy atom. The maximum Gasteiger partial charge on any atom is 0.573 e. The van der Waals surface area contributed by atoms with Gasteiger partial charge < -0.3 is 14.8 Å². The van der Waals surface area contributed by atoms with E-state index in [1.165, 1.54) is 25.0 Å². The van der Waals surface area contributed by atoms with Crippen LogP contribution in [0.3, 0.4) is 0 Å². The molecule has 0 bridgehead atoms. The van der Waals surface area contributed by atoms with Crippen molar-refractivity contribution in [3.8, 4) is 5.75 Å². The van der Waals surface area contributed by atoms with Gasteiger partial charge in [-0.3, -0.25) is 4.90 Å². The van der Waals surface area contributed by atoms with Crippen molar-refractivity contribution in [3.05, 3.63) is 29.8 Å². The van der Waals surface area contributed by atoms with Gasteiger partial charge in [-0.25, -0.2) is 0 Å². The standard InChI is InChI=1S/C16H21F3N2O2/c17-16(18,19)23-14-5-1-12(2-6-14)9-20-10-15-11-21(7-8-22-15)13-3-4-13/h1-2,5-6,13,15,20H,3-4,7-11H2. The van der Waals surface area contributed by atoms with Crippen LogP contribution in [-0.2, 0) is 11.3 Å². The third-order valence-corrected chi connectivity index (χ3v) is 4.09. The fourth-order valence-corrected chi connectivity index (χ4v) is 2.82. The van der Waals surface area contributed by atoms with Gasteiger partial charge in [0.05, 0.1) is 12.7 Å². The Kier molecular flexibility index (Phi) is 5.08. The van der Waals surface area contributed by atoms with Crippen molar-refractivity contribution in [2.45, 2.75) is 37.9 Å². The molecule has 1 saturated carbocycles. The van der Waals surface area contributed by atoms with Gasteiger partial charge in [-0.1, -0.05) is 12.1 Å². The summed E-state index contributed by atoms with van der Waals surface area (Å²) in [7, 11) is 0. The molecule has 1 saturated heterocycles. The van der Waals surface area contributed by atoms with Crippen LogP contribution in [0.1, 0.15) is 18.4 Å². The van der Waals surface area contributed by atoms with Crippen molar-refractivity contribution in [1.29, 1.82) is 0 Å². The van der Waals surface area contributed by atoms with E-state index in [2.05, 4.69) is 15.0 Å². The van der Waals surface area contributed by atoms with Gasteiger partial charge in [0, 0.05) is 32.2 Å². The fraction of sp³-hybridized carbons (Fsp3) is 0.625. The van der Waals surface area contributed by atoms with Gasteiger partial charge in [-0.15, -0.1) is 13.2 Å². The minimum Gasteiger partial charge on any atom is -0.406 e. The van der Waals surface area contributed by atoms with Crippen molar-refractivity contribution >= 4 is 0 Å². The lowest BCUT2D eigenvalue weighted by molar-refractivity contribution is -0.274. The molecule has 0 radical (unpaired) electrons. The van der Waals surface area contributed by atoms with E-state index in [1.807, 2.05) is 0 Å². The zero-order chi connectivity index (χ0) is 16.3. The molecule has 1 heterocycles. The molecule has 0 amide bonds. The number of nitrogens with one attached hydrogen (secondary N) is 1. The first-order valence-corrected chi connectivity index (χ1v) is 7.91. The van der Waals surface area contributed by atoms with Crippen LogP contribution < -0.4 is 10.1 Å². The van der Waals surface area contributed by atoms with Crippen LogP contribution in [0, 0.1) is 0 Å². The zero-order valence-electron chi connectivity index (χ0n) is 12.8. The Labute approximate surface area is 133 Å². The lowest BCUT2D eigenvalue weighted by Gasteiger charge is -2.33. The summed E-state index contributed by atoms with van der Waals surface area (Å²) < 4.78 is 45.9. The summed E-state index contributed by atoms with van der Waals surface area (Å²) in [5, 5.41) is 3.30. The van der Waals surface area contributed by atoms with Gasteiger partial charge in [0.1, 0.15) is 5.75 Å². The van der Waals surface area contributed by atoms with Crippen LogP contribution in [0.2, 0.25) is 0 Å². The Hall–Kier alpha value is -1.31. The highest BCUT2D eigenvalue weighted by molar-refractivity contribution is 5.27. The van der Waals surface area contributed by atoms with E-state index in [4.69, 9.17) is 4.74 Å². The highest BCUT2D eigenvalue weighted by Gasteiger charge is 2.33. The van der Waals surface area contributed by atoms with Crippen LogP contribution >= 0.6 is 0 Å². The highest BCUT2D eigenvalue weighted by Crippen LogP contribution is 2.28. The molecule has 0 spiro atoms. The second-order valence-electron chi connectivity index (χ2n) is 6.04. The summed E-state index contributed by atoms with van der Waals surface area (Å²) in [6.07, 6.45) is -1.87. The molecule has 0 aromatic heterocycles. The first-order chi connectivity index (χ1) is 11.0. The number of morpholine rings is 1. The van der Waals surface area contributed by atoms with Crippen LogP contribution in [0.4, 0.5) is 13.2 Å². The van der Waals surface area contributed by atoms with Gasteiger partial charge in [0.15, 0.2) is 0 Å². The van der Waals surface area contributed by atoms with Crippen molar-refractivity contribution in [2.24, 2.45) is 0 Å². The molecule has 1 aliphatic carbocycles. The summed E-state index contributed by atoms with van der Waals surface area (Å²) in [5.74, 6) is -0.197. The molecular weight excluding hydrogens is 309 g/mol. The molecule has 2 fully saturated rings. The summed E-state index contributed by atoms with van der Waals surface area (Å²) in [5.41, 5.74) is 0.911. The topological polar surface area (TPSA) is 33.7 Å². The molecule has 7 heteroatoms. The molecule has 4 nitrogen and oxygen atoms in total. The molecule has 128 valence electrons. The van der Waals surface area contributed by atoms with Crippen molar-refractivity contribution in [2.75, 3.05) is 26.2 Å². The molecule has 1 aromatic rings. The molecule has 1 aliphatic heterocycles. The number of hydrogen-bond acceptors (Lipinski definition) is 4. The van der Waals surface area contributed by atoms with E-state index in [0.29, 0.717) is 6.54 Å². The molecule has 23 heavy (non-hydrogen) atoms. The normalized spacial score (nSPS) is 23.0. The van der Waals surface area contributed by atoms with Crippen molar-refractivity contribution < 1.29 is 22.6 Å². The second-order valence-corrected chi connectivity index (χ2v) is 6.04. The van der Waals surface area contributed by atoms with Gasteiger partial charge in [-0.05, 0) is 30.5 Å². The first-order valence-electron chi connectivity index (χ1n) is 7.91. The largest absolute Gasteiger partial charge is 0.573 e. The fourth-order valence-electron chi connectivity index (χ4n) is 2.82. The SMILES string of the molecule is FC(F)(F)Oc1ccc(CNCC2CN(C3CC3)CCO2)cc1. The predicted octanol–water partition coefficient (Wildman–Crippen LogP) is 2.54. The van der Waals surface area contributed by atoms with E-state index < -0.39 is 6.36 Å². The molecular formula is C16H21F3N2O2. The highest BCUT2D eigenvalue weighted by atomic mass is 19.4. The summed E-state index contributed by atoms with van der Waals surface area (Å²) in [6, 6.07) is 6.67.